The van der Waals surface area contributed by atoms with Gasteiger partial charge >= 0.3 is 12.1 Å². The van der Waals surface area contributed by atoms with Gasteiger partial charge in [-0.05, 0) is 88.1 Å². The van der Waals surface area contributed by atoms with Gasteiger partial charge in [0.25, 0.3) is 0 Å². The number of nitrogens with one attached hydrogen (secondary N) is 1. The van der Waals surface area contributed by atoms with Crippen molar-refractivity contribution in [1.29, 1.82) is 0 Å². The summed E-state index contributed by atoms with van der Waals surface area (Å²) in [6.07, 6.45) is 6.55. The average Bonchev–Trinajstić information content (AvgIpc) is 3.05. The van der Waals surface area contributed by atoms with Gasteiger partial charge in [-0.1, -0.05) is 12.1 Å². The van der Waals surface area contributed by atoms with Gasteiger partial charge in [-0.15, -0.1) is 0 Å². The Morgan fingerprint density at radius 3 is 2.51 bits per heavy atom. The van der Waals surface area contributed by atoms with Gasteiger partial charge < -0.3 is 29.7 Å². The second kappa shape index (κ2) is 16.6. The van der Waals surface area contributed by atoms with Gasteiger partial charge in [0.15, 0.2) is 0 Å². The van der Waals surface area contributed by atoms with Crippen LogP contribution in [0.2, 0.25) is 0 Å². The van der Waals surface area contributed by atoms with E-state index in [4.69, 9.17) is 9.47 Å². The van der Waals surface area contributed by atoms with E-state index in [1.165, 1.54) is 6.20 Å². The van der Waals surface area contributed by atoms with E-state index in [0.717, 1.165) is 24.8 Å². The molecule has 2 saturated heterocycles. The molecule has 1 aromatic carbocycles. The van der Waals surface area contributed by atoms with Crippen LogP contribution in [0, 0.1) is 11.8 Å². The molecule has 3 heterocycles. The Morgan fingerprint density at radius 2 is 1.81 bits per heavy atom. The molecule has 2 N–H and O–H groups in total. The molecule has 11 nitrogen and oxygen atoms in total. The third-order valence-electron chi connectivity index (χ3n) is 8.55. The van der Waals surface area contributed by atoms with Crippen molar-refractivity contribution in [1.82, 2.24) is 20.1 Å². The lowest BCUT2D eigenvalue weighted by atomic mass is 9.91. The van der Waals surface area contributed by atoms with Crippen LogP contribution in [0.25, 0.3) is 11.1 Å². The van der Waals surface area contributed by atoms with Gasteiger partial charge in [0.1, 0.15) is 24.6 Å². The second-order valence-corrected chi connectivity index (χ2v) is 13.4. The van der Waals surface area contributed by atoms with Crippen LogP contribution in [0.4, 0.5) is 9.18 Å². The first-order valence-electron chi connectivity index (χ1n) is 16.4. The van der Waals surface area contributed by atoms with Crippen molar-refractivity contribution in [3.8, 4) is 16.9 Å². The normalized spacial score (nSPS) is 17.9. The molecule has 3 amide bonds. The number of alkyl halides is 1. The molecule has 0 radical (unpaired) electrons. The van der Waals surface area contributed by atoms with Crippen LogP contribution in [-0.4, -0.2) is 88.8 Å². The largest absolute Gasteiger partial charge is 0.491 e. The summed E-state index contributed by atoms with van der Waals surface area (Å²) in [7, 11) is 0. The number of amides is 3. The number of aliphatic carboxylic acids is 1. The van der Waals surface area contributed by atoms with Crippen molar-refractivity contribution in [2.75, 3.05) is 39.5 Å². The number of likely N-dealkylation sites (tertiary alicyclic amines) is 2. The molecule has 2 fully saturated rings. The van der Waals surface area contributed by atoms with Gasteiger partial charge in [-0.25, -0.2) is 9.18 Å². The van der Waals surface area contributed by atoms with Gasteiger partial charge in [-0.3, -0.25) is 19.4 Å². The molecule has 0 bridgehead atoms. The van der Waals surface area contributed by atoms with Crippen molar-refractivity contribution < 1.29 is 38.1 Å². The number of halogens is 1. The molecule has 0 spiro atoms. The van der Waals surface area contributed by atoms with E-state index in [2.05, 4.69) is 10.3 Å². The van der Waals surface area contributed by atoms with Crippen molar-refractivity contribution in [2.45, 2.75) is 77.4 Å². The Kier molecular flexibility index (Phi) is 12.6. The number of hydrogen-bond acceptors (Lipinski definition) is 7. The lowest BCUT2D eigenvalue weighted by Gasteiger charge is -2.35. The van der Waals surface area contributed by atoms with E-state index in [1.807, 2.05) is 26.8 Å². The van der Waals surface area contributed by atoms with Crippen LogP contribution >= 0.6 is 0 Å². The first-order chi connectivity index (χ1) is 22.4. The van der Waals surface area contributed by atoms with Crippen LogP contribution in [0.3, 0.4) is 0 Å². The number of carboxylic acid groups (broad SMARTS) is 1. The van der Waals surface area contributed by atoms with Crippen LogP contribution in [0.5, 0.6) is 5.75 Å². The van der Waals surface area contributed by atoms with E-state index in [-0.39, 0.29) is 37.5 Å². The number of rotatable bonds is 12. The summed E-state index contributed by atoms with van der Waals surface area (Å²) in [6.45, 7) is 6.95. The minimum absolute atomic E-state index is 0.00813. The molecule has 0 aliphatic carbocycles. The van der Waals surface area contributed by atoms with Crippen LogP contribution in [0.15, 0.2) is 42.7 Å². The lowest BCUT2D eigenvalue weighted by molar-refractivity contribution is -0.138. The number of aromatic nitrogens is 1. The highest BCUT2D eigenvalue weighted by Gasteiger charge is 2.32. The summed E-state index contributed by atoms with van der Waals surface area (Å²) in [5.41, 5.74) is 1.45. The van der Waals surface area contributed by atoms with Gasteiger partial charge in [0.2, 0.25) is 11.8 Å². The maximum Gasteiger partial charge on any atom is 0.410 e. The molecule has 12 heteroatoms. The number of ether oxygens (including phenoxy) is 2. The number of benzene rings is 1. The zero-order valence-corrected chi connectivity index (χ0v) is 27.6. The summed E-state index contributed by atoms with van der Waals surface area (Å²) < 4.78 is 23.4. The number of carboxylic acids is 1. The predicted molar refractivity (Wildman–Crippen MR) is 173 cm³/mol. The van der Waals surface area contributed by atoms with Crippen molar-refractivity contribution in [3.63, 3.8) is 0 Å². The topological polar surface area (TPSA) is 138 Å². The van der Waals surface area contributed by atoms with Crippen molar-refractivity contribution in [2.24, 2.45) is 11.8 Å². The standard InChI is InChI=1S/C35H47FN4O7/c1-35(2,3)47-34(45)39-15-11-24(12-16-39)9-10-31(41)40-14-5-7-26(23-40)33(44)38-30(20-32(42)43)28-18-27(21-37-22-28)25-6-4-8-29(19-25)46-17-13-36/h4,6,8,18-19,21-22,24,26,30H,5,7,9-17,20,23H2,1-3H3,(H,38,44)(H,42,43)/t26?,30-/m1/s1. The maximum absolute atomic E-state index is 13.5. The van der Waals surface area contributed by atoms with Crippen LogP contribution in [0.1, 0.15) is 77.3 Å². The number of carbonyl (C=O) groups excluding carboxylic acids is 3. The quantitative estimate of drug-likeness (QED) is 0.311. The molecule has 4 rings (SSSR count). The molecule has 256 valence electrons. The first kappa shape index (κ1) is 35.6. The maximum atomic E-state index is 13.5. The lowest BCUT2D eigenvalue weighted by Crippen LogP contribution is -2.46. The third-order valence-corrected chi connectivity index (χ3v) is 8.55. The van der Waals surface area contributed by atoms with E-state index < -0.39 is 30.2 Å². The Balaban J connectivity index is 1.32. The van der Waals surface area contributed by atoms with Gasteiger partial charge in [0, 0.05) is 50.6 Å². The number of pyridine rings is 1. The second-order valence-electron chi connectivity index (χ2n) is 13.4. The summed E-state index contributed by atoms with van der Waals surface area (Å²) in [5, 5.41) is 12.6. The number of hydrogen-bond donors (Lipinski definition) is 2. The van der Waals surface area contributed by atoms with Crippen LogP contribution in [-0.2, 0) is 19.1 Å². The molecule has 2 aromatic rings. The summed E-state index contributed by atoms with van der Waals surface area (Å²) in [5.74, 6) is -0.973. The molecule has 1 unspecified atom stereocenters. The van der Waals surface area contributed by atoms with E-state index in [0.29, 0.717) is 61.7 Å². The molecule has 1 aromatic heterocycles. The Bertz CT molecular complexity index is 1390. The highest BCUT2D eigenvalue weighted by atomic mass is 19.1. The summed E-state index contributed by atoms with van der Waals surface area (Å²) in [4.78, 5) is 58.6. The monoisotopic (exact) mass is 654 g/mol. The third kappa shape index (κ3) is 10.9. The molecular weight excluding hydrogens is 607 g/mol. The Hall–Kier alpha value is -4.22. The van der Waals surface area contributed by atoms with E-state index in [9.17, 15) is 28.7 Å². The fraction of sp³-hybridized carbons (Fsp3) is 0.571. The van der Waals surface area contributed by atoms with Gasteiger partial charge in [-0.2, -0.15) is 0 Å². The number of piperidine rings is 2. The predicted octanol–water partition coefficient (Wildman–Crippen LogP) is 5.39. The minimum Gasteiger partial charge on any atom is -0.491 e. The fourth-order valence-corrected chi connectivity index (χ4v) is 6.08. The fourth-order valence-electron chi connectivity index (χ4n) is 6.08. The summed E-state index contributed by atoms with van der Waals surface area (Å²) >= 11 is 0. The highest BCUT2D eigenvalue weighted by Crippen LogP contribution is 2.28. The average molecular weight is 655 g/mol. The Labute approximate surface area is 275 Å². The Morgan fingerprint density at radius 1 is 1.04 bits per heavy atom. The smallest absolute Gasteiger partial charge is 0.410 e. The van der Waals surface area contributed by atoms with Crippen molar-refractivity contribution >= 4 is 23.9 Å². The first-order valence-corrected chi connectivity index (χ1v) is 16.4. The van der Waals surface area contributed by atoms with Crippen LogP contribution < -0.4 is 10.1 Å². The van der Waals surface area contributed by atoms with Gasteiger partial charge in [0.05, 0.1) is 18.4 Å². The molecule has 2 atom stereocenters. The number of nitrogens with zero attached hydrogens (tertiary/aromatic N) is 3. The molecule has 47 heavy (non-hydrogen) atoms. The molecular formula is C35H47FN4O7. The highest BCUT2D eigenvalue weighted by molar-refractivity contribution is 5.82. The van der Waals surface area contributed by atoms with Crippen molar-refractivity contribution in [3.05, 3.63) is 48.3 Å². The molecule has 2 aliphatic rings. The summed E-state index contributed by atoms with van der Waals surface area (Å²) in [6, 6.07) is 8.05. The van der Waals surface area contributed by atoms with E-state index in [1.54, 1.807) is 40.3 Å². The minimum atomic E-state index is -1.07. The molecule has 2 aliphatic heterocycles. The van der Waals surface area contributed by atoms with E-state index >= 15 is 0 Å². The zero-order valence-electron chi connectivity index (χ0n) is 27.6. The SMILES string of the molecule is CC(C)(C)OC(=O)N1CCC(CCC(=O)N2CCCC(C(=O)N[C@H](CC(=O)O)c3cncc(-c4cccc(OCCF)c4)c3)C2)CC1. The zero-order chi connectivity index (χ0) is 34.0. The number of carbonyl (C=O) groups is 4. The molecule has 0 saturated carbocycles.